The van der Waals surface area contributed by atoms with Crippen molar-refractivity contribution < 1.29 is 22.8 Å². The Kier molecular flexibility index (Phi) is 4.47. The molecule has 1 N–H and O–H groups in total. The number of hydrogen-bond donors (Lipinski definition) is 1. The van der Waals surface area contributed by atoms with Crippen LogP contribution >= 0.6 is 0 Å². The first-order chi connectivity index (χ1) is 8.29. The molecule has 0 heterocycles. The van der Waals surface area contributed by atoms with Crippen LogP contribution in [0.3, 0.4) is 0 Å². The molecule has 98 valence electrons. The maximum absolute atomic E-state index is 11.9. The molecule has 0 atom stereocenters. The van der Waals surface area contributed by atoms with Crippen molar-refractivity contribution in [1.29, 1.82) is 0 Å². The number of alkyl halides is 3. The molecule has 0 aliphatic carbocycles. The van der Waals surface area contributed by atoms with Gasteiger partial charge in [-0.05, 0) is 19.1 Å². The van der Waals surface area contributed by atoms with Crippen LogP contribution in [0.25, 0.3) is 0 Å². The molecule has 18 heavy (non-hydrogen) atoms. The Labute approximate surface area is 102 Å². The molecule has 0 saturated heterocycles. The van der Waals surface area contributed by atoms with Gasteiger partial charge in [0.05, 0.1) is 6.42 Å². The van der Waals surface area contributed by atoms with Crippen molar-refractivity contribution in [3.05, 3.63) is 35.4 Å². The van der Waals surface area contributed by atoms with Crippen LogP contribution in [0.15, 0.2) is 24.3 Å². The van der Waals surface area contributed by atoms with Crippen LogP contribution in [0.2, 0.25) is 0 Å². The average Bonchev–Trinajstić information content (AvgIpc) is 2.27. The number of hydrogen-bond acceptors (Lipinski definition) is 2. The summed E-state index contributed by atoms with van der Waals surface area (Å²) in [5.74, 6) is -0.728. The lowest BCUT2D eigenvalue weighted by Gasteiger charge is -2.08. The van der Waals surface area contributed by atoms with Gasteiger partial charge in [-0.3, -0.25) is 9.59 Å². The zero-order valence-electron chi connectivity index (χ0n) is 9.67. The number of carbonyl (C=O) groups is 2. The highest BCUT2D eigenvalue weighted by atomic mass is 19.4. The lowest BCUT2D eigenvalue weighted by Crippen LogP contribution is -2.27. The summed E-state index contributed by atoms with van der Waals surface area (Å²) >= 11 is 0. The second-order valence-electron chi connectivity index (χ2n) is 3.75. The first-order valence-corrected chi connectivity index (χ1v) is 5.25. The van der Waals surface area contributed by atoms with Gasteiger partial charge in [-0.1, -0.05) is 12.1 Å². The number of amides is 1. The minimum absolute atomic E-state index is 0.140. The quantitative estimate of drug-likeness (QED) is 0.845. The molecule has 0 aromatic heterocycles. The number of rotatable bonds is 4. The highest BCUT2D eigenvalue weighted by molar-refractivity contribution is 5.97. The third kappa shape index (κ3) is 4.57. The van der Waals surface area contributed by atoms with Crippen molar-refractivity contribution in [2.24, 2.45) is 0 Å². The summed E-state index contributed by atoms with van der Waals surface area (Å²) in [4.78, 5) is 22.4. The molecule has 0 unspecified atom stereocenters. The van der Waals surface area contributed by atoms with Crippen molar-refractivity contribution in [3.8, 4) is 0 Å². The van der Waals surface area contributed by atoms with Gasteiger partial charge in [0, 0.05) is 17.7 Å². The minimum Gasteiger partial charge on any atom is -0.352 e. The zero-order chi connectivity index (χ0) is 13.8. The van der Waals surface area contributed by atoms with E-state index in [1.54, 1.807) is 0 Å². The molecule has 0 fully saturated rings. The molecule has 1 aromatic rings. The molecule has 0 radical (unpaired) electrons. The van der Waals surface area contributed by atoms with Crippen LogP contribution < -0.4 is 5.32 Å². The van der Waals surface area contributed by atoms with E-state index < -0.39 is 25.0 Å². The molecular weight excluding hydrogens is 247 g/mol. The highest BCUT2D eigenvalue weighted by Crippen LogP contribution is 2.18. The molecule has 0 spiro atoms. The fourth-order valence-electron chi connectivity index (χ4n) is 1.28. The lowest BCUT2D eigenvalue weighted by molar-refractivity contribution is -0.132. The summed E-state index contributed by atoms with van der Waals surface area (Å²) < 4.78 is 35.6. The summed E-state index contributed by atoms with van der Waals surface area (Å²) in [5, 5.41) is 2.16. The van der Waals surface area contributed by atoms with Crippen LogP contribution in [0.1, 0.15) is 34.1 Å². The molecule has 0 saturated carbocycles. The van der Waals surface area contributed by atoms with E-state index in [1.165, 1.54) is 31.2 Å². The number of nitrogens with one attached hydrogen (secondary N) is 1. The van der Waals surface area contributed by atoms with Gasteiger partial charge in [0.2, 0.25) is 0 Å². The van der Waals surface area contributed by atoms with Crippen LogP contribution in [-0.2, 0) is 0 Å². The van der Waals surface area contributed by atoms with Gasteiger partial charge in [0.25, 0.3) is 5.91 Å². The van der Waals surface area contributed by atoms with Crippen molar-refractivity contribution >= 4 is 11.7 Å². The lowest BCUT2D eigenvalue weighted by atomic mass is 10.1. The highest BCUT2D eigenvalue weighted by Gasteiger charge is 2.26. The number of Topliss-reactive ketones (excluding diaryl/α,β-unsaturated/α-hetero) is 1. The van der Waals surface area contributed by atoms with E-state index in [2.05, 4.69) is 5.32 Å². The Bertz CT molecular complexity index is 438. The minimum atomic E-state index is -4.29. The van der Waals surface area contributed by atoms with Gasteiger partial charge in [0.1, 0.15) is 0 Å². The van der Waals surface area contributed by atoms with Crippen molar-refractivity contribution in [3.63, 3.8) is 0 Å². The second kappa shape index (κ2) is 5.66. The molecule has 1 rings (SSSR count). The Balaban J connectivity index is 2.54. The second-order valence-corrected chi connectivity index (χ2v) is 3.75. The zero-order valence-corrected chi connectivity index (χ0v) is 9.67. The van der Waals surface area contributed by atoms with E-state index >= 15 is 0 Å². The molecule has 6 heteroatoms. The molecule has 0 aliphatic heterocycles. The van der Waals surface area contributed by atoms with E-state index in [-0.39, 0.29) is 11.3 Å². The maximum atomic E-state index is 11.9. The summed E-state index contributed by atoms with van der Waals surface area (Å²) in [7, 11) is 0. The topological polar surface area (TPSA) is 46.2 Å². The van der Waals surface area contributed by atoms with Gasteiger partial charge in [0.15, 0.2) is 5.78 Å². The Hall–Kier alpha value is -1.85. The number of benzene rings is 1. The summed E-state index contributed by atoms with van der Waals surface area (Å²) in [6, 6.07) is 5.72. The van der Waals surface area contributed by atoms with Gasteiger partial charge < -0.3 is 5.32 Å². The SMILES string of the molecule is CC(=O)c1ccc(C(=O)NCCC(F)(F)F)cc1. The van der Waals surface area contributed by atoms with E-state index in [0.29, 0.717) is 5.56 Å². The Morgan fingerprint density at radius 3 is 2.06 bits per heavy atom. The number of halogens is 3. The van der Waals surface area contributed by atoms with Gasteiger partial charge in [-0.2, -0.15) is 13.2 Å². The summed E-state index contributed by atoms with van der Waals surface area (Å²) in [5.41, 5.74) is 0.670. The third-order valence-corrected chi connectivity index (χ3v) is 2.25. The maximum Gasteiger partial charge on any atom is 0.390 e. The van der Waals surface area contributed by atoms with Crippen LogP contribution in [-0.4, -0.2) is 24.4 Å². The molecular formula is C12H12F3NO2. The Morgan fingerprint density at radius 2 is 1.61 bits per heavy atom. The molecule has 1 amide bonds. The standard InChI is InChI=1S/C12H12F3NO2/c1-8(17)9-2-4-10(5-3-9)11(18)16-7-6-12(13,14)15/h2-5H,6-7H2,1H3,(H,16,18). The largest absolute Gasteiger partial charge is 0.390 e. The normalized spacial score (nSPS) is 11.1. The third-order valence-electron chi connectivity index (χ3n) is 2.25. The summed E-state index contributed by atoms with van der Waals surface area (Å²) in [6.45, 7) is 0.926. The number of carbonyl (C=O) groups excluding carboxylic acids is 2. The van der Waals surface area contributed by atoms with Crippen molar-refractivity contribution in [2.45, 2.75) is 19.5 Å². The monoisotopic (exact) mass is 259 g/mol. The van der Waals surface area contributed by atoms with E-state index in [0.717, 1.165) is 0 Å². The fourth-order valence-corrected chi connectivity index (χ4v) is 1.28. The summed E-state index contributed by atoms with van der Waals surface area (Å²) in [6.07, 6.45) is -5.35. The van der Waals surface area contributed by atoms with Crippen LogP contribution in [0, 0.1) is 0 Å². The average molecular weight is 259 g/mol. The van der Waals surface area contributed by atoms with E-state index in [1.807, 2.05) is 0 Å². The predicted molar refractivity (Wildman–Crippen MR) is 59.5 cm³/mol. The van der Waals surface area contributed by atoms with Gasteiger partial charge in [-0.25, -0.2) is 0 Å². The number of ketones is 1. The first kappa shape index (κ1) is 14.2. The molecule has 0 aliphatic rings. The molecule has 1 aromatic carbocycles. The van der Waals surface area contributed by atoms with Gasteiger partial charge in [-0.15, -0.1) is 0 Å². The first-order valence-electron chi connectivity index (χ1n) is 5.25. The fraction of sp³-hybridized carbons (Fsp3) is 0.333. The Morgan fingerprint density at radius 1 is 1.11 bits per heavy atom. The van der Waals surface area contributed by atoms with Crippen molar-refractivity contribution in [1.82, 2.24) is 5.32 Å². The van der Waals surface area contributed by atoms with E-state index in [4.69, 9.17) is 0 Å². The molecule has 3 nitrogen and oxygen atoms in total. The van der Waals surface area contributed by atoms with Crippen LogP contribution in [0.4, 0.5) is 13.2 Å². The molecule has 0 bridgehead atoms. The van der Waals surface area contributed by atoms with Crippen LogP contribution in [0.5, 0.6) is 0 Å². The van der Waals surface area contributed by atoms with E-state index in [9.17, 15) is 22.8 Å². The van der Waals surface area contributed by atoms with Gasteiger partial charge >= 0.3 is 6.18 Å². The van der Waals surface area contributed by atoms with Crippen molar-refractivity contribution in [2.75, 3.05) is 6.54 Å². The predicted octanol–water partition coefficient (Wildman–Crippen LogP) is 2.57. The smallest absolute Gasteiger partial charge is 0.352 e.